The summed E-state index contributed by atoms with van der Waals surface area (Å²) >= 11 is 0. The van der Waals surface area contributed by atoms with E-state index >= 15 is 0 Å². The van der Waals surface area contributed by atoms with E-state index in [9.17, 15) is 9.59 Å². The largest absolute Gasteiger partial charge is 0.464 e. The number of H-pyrrole nitrogens is 1. The second kappa shape index (κ2) is 4.95. The lowest BCUT2D eigenvalue weighted by molar-refractivity contribution is 0.0594. The number of esters is 1. The molecule has 104 valence electrons. The summed E-state index contributed by atoms with van der Waals surface area (Å²) in [5.41, 5.74) is 0.417. The zero-order valence-corrected chi connectivity index (χ0v) is 10.7. The maximum absolute atomic E-state index is 12.0. The van der Waals surface area contributed by atoms with Gasteiger partial charge >= 0.3 is 5.97 Å². The highest BCUT2D eigenvalue weighted by Gasteiger charge is 2.17. The number of aromatic amines is 1. The molecule has 3 rings (SSSR count). The van der Waals surface area contributed by atoms with Crippen LogP contribution in [-0.4, -0.2) is 31.1 Å². The van der Waals surface area contributed by atoms with Gasteiger partial charge in [0, 0.05) is 11.5 Å². The summed E-state index contributed by atoms with van der Waals surface area (Å²) in [6.45, 7) is 0.696. The highest BCUT2D eigenvalue weighted by molar-refractivity contribution is 5.91. The van der Waals surface area contributed by atoms with Crippen molar-refractivity contribution in [3.63, 3.8) is 0 Å². The Morgan fingerprint density at radius 1 is 1.30 bits per heavy atom. The minimum atomic E-state index is -0.577. The van der Waals surface area contributed by atoms with E-state index in [1.165, 1.54) is 13.2 Å². The molecule has 2 heterocycles. The SMILES string of the molecule is COC(=O)c1cc(=O)c2cc(OC3NCN3)ccc2[nH]1. The van der Waals surface area contributed by atoms with Gasteiger partial charge in [-0.3, -0.25) is 15.4 Å². The third-order valence-corrected chi connectivity index (χ3v) is 3.04. The number of aromatic nitrogens is 1. The van der Waals surface area contributed by atoms with Crippen LogP contribution in [0.25, 0.3) is 10.9 Å². The molecule has 7 nitrogen and oxygen atoms in total. The molecule has 3 N–H and O–H groups in total. The summed E-state index contributed by atoms with van der Waals surface area (Å²) in [6.07, 6.45) is -0.235. The van der Waals surface area contributed by atoms with Gasteiger partial charge in [-0.05, 0) is 18.2 Å². The van der Waals surface area contributed by atoms with E-state index < -0.39 is 5.97 Å². The van der Waals surface area contributed by atoms with Crippen LogP contribution in [0.4, 0.5) is 0 Å². The van der Waals surface area contributed by atoms with Gasteiger partial charge < -0.3 is 14.5 Å². The number of pyridine rings is 1. The lowest BCUT2D eigenvalue weighted by atomic mass is 10.2. The third-order valence-electron chi connectivity index (χ3n) is 3.04. The molecule has 0 saturated carbocycles. The Kier molecular flexibility index (Phi) is 3.13. The van der Waals surface area contributed by atoms with Crippen LogP contribution in [0.3, 0.4) is 0 Å². The molecular formula is C13H13N3O4. The summed E-state index contributed by atoms with van der Waals surface area (Å²) in [7, 11) is 1.26. The molecule has 0 aliphatic carbocycles. The van der Waals surface area contributed by atoms with Crippen molar-refractivity contribution in [3.8, 4) is 5.75 Å². The highest BCUT2D eigenvalue weighted by atomic mass is 16.5. The number of methoxy groups -OCH3 is 1. The molecule has 0 unspecified atom stereocenters. The molecule has 0 radical (unpaired) electrons. The molecule has 1 aliphatic rings. The van der Waals surface area contributed by atoms with Crippen LogP contribution >= 0.6 is 0 Å². The number of hydrogen-bond donors (Lipinski definition) is 3. The molecule has 2 aromatic rings. The van der Waals surface area contributed by atoms with Gasteiger partial charge in [0.2, 0.25) is 6.35 Å². The molecular weight excluding hydrogens is 262 g/mol. The number of carbonyl (C=O) groups is 1. The van der Waals surface area contributed by atoms with Crippen molar-refractivity contribution in [1.29, 1.82) is 0 Å². The first-order valence-corrected chi connectivity index (χ1v) is 6.06. The van der Waals surface area contributed by atoms with Gasteiger partial charge in [-0.1, -0.05) is 0 Å². The van der Waals surface area contributed by atoms with Gasteiger partial charge in [0.1, 0.15) is 11.4 Å². The molecule has 0 amide bonds. The van der Waals surface area contributed by atoms with Gasteiger partial charge in [-0.25, -0.2) is 4.79 Å². The minimum absolute atomic E-state index is 0.126. The summed E-state index contributed by atoms with van der Waals surface area (Å²) in [5, 5.41) is 6.47. The van der Waals surface area contributed by atoms with Crippen molar-refractivity contribution < 1.29 is 14.3 Å². The normalized spacial score (nSPS) is 14.8. The zero-order chi connectivity index (χ0) is 14.1. The van der Waals surface area contributed by atoms with Gasteiger partial charge in [0.05, 0.1) is 19.3 Å². The van der Waals surface area contributed by atoms with Crippen molar-refractivity contribution >= 4 is 16.9 Å². The average Bonchev–Trinajstić information content (AvgIpc) is 2.42. The summed E-state index contributed by atoms with van der Waals surface area (Å²) in [6, 6.07) is 6.27. The van der Waals surface area contributed by atoms with Crippen molar-refractivity contribution in [2.75, 3.05) is 13.8 Å². The smallest absolute Gasteiger partial charge is 0.354 e. The Morgan fingerprint density at radius 3 is 2.75 bits per heavy atom. The second-order valence-electron chi connectivity index (χ2n) is 4.33. The maximum Gasteiger partial charge on any atom is 0.354 e. The van der Waals surface area contributed by atoms with Crippen LogP contribution in [0.1, 0.15) is 10.5 Å². The Balaban J connectivity index is 1.99. The fourth-order valence-electron chi connectivity index (χ4n) is 1.92. The molecule has 0 spiro atoms. The van der Waals surface area contributed by atoms with Crippen molar-refractivity contribution in [2.24, 2.45) is 0 Å². The number of hydrogen-bond acceptors (Lipinski definition) is 6. The molecule has 1 aromatic heterocycles. The first-order chi connectivity index (χ1) is 9.67. The predicted molar refractivity (Wildman–Crippen MR) is 71.5 cm³/mol. The monoisotopic (exact) mass is 275 g/mol. The Hall–Kier alpha value is -2.38. The third kappa shape index (κ3) is 2.24. The van der Waals surface area contributed by atoms with Crippen molar-refractivity contribution in [3.05, 3.63) is 40.2 Å². The standard InChI is InChI=1S/C13H13N3O4/c1-19-12(18)10-5-11(17)8-4-7(2-3-9(8)16-10)20-13-14-6-15-13/h2-5,13-15H,6H2,1H3,(H,16,17). The summed E-state index contributed by atoms with van der Waals surface area (Å²) in [4.78, 5) is 26.3. The number of rotatable bonds is 3. The quantitative estimate of drug-likeness (QED) is 0.689. The van der Waals surface area contributed by atoms with E-state index in [4.69, 9.17) is 4.74 Å². The van der Waals surface area contributed by atoms with Crippen LogP contribution < -0.4 is 20.8 Å². The first-order valence-electron chi connectivity index (χ1n) is 6.06. The predicted octanol–water partition coefficient (Wildman–Crippen LogP) is 0.127. The van der Waals surface area contributed by atoms with Gasteiger partial charge in [0.25, 0.3) is 0 Å². The fraction of sp³-hybridized carbons (Fsp3) is 0.231. The molecule has 1 saturated heterocycles. The number of carbonyl (C=O) groups excluding carboxylic acids is 1. The number of ether oxygens (including phenoxy) is 2. The van der Waals surface area contributed by atoms with E-state index in [0.29, 0.717) is 23.3 Å². The van der Waals surface area contributed by atoms with Gasteiger partial charge in [0.15, 0.2) is 5.43 Å². The topological polar surface area (TPSA) is 92.5 Å². The van der Waals surface area contributed by atoms with E-state index in [0.717, 1.165) is 0 Å². The molecule has 1 aromatic carbocycles. The van der Waals surface area contributed by atoms with E-state index in [1.54, 1.807) is 18.2 Å². The molecule has 7 heteroatoms. The number of benzene rings is 1. The van der Waals surface area contributed by atoms with Crippen LogP contribution in [0.5, 0.6) is 5.75 Å². The molecule has 1 fully saturated rings. The Morgan fingerprint density at radius 2 is 2.10 bits per heavy atom. The summed E-state index contributed by atoms with van der Waals surface area (Å²) < 4.78 is 10.1. The second-order valence-corrected chi connectivity index (χ2v) is 4.33. The van der Waals surface area contributed by atoms with E-state index in [2.05, 4.69) is 20.4 Å². The van der Waals surface area contributed by atoms with Crippen molar-refractivity contribution in [2.45, 2.75) is 6.35 Å². The molecule has 20 heavy (non-hydrogen) atoms. The maximum atomic E-state index is 12.0. The van der Waals surface area contributed by atoms with Gasteiger partial charge in [-0.15, -0.1) is 0 Å². The lowest BCUT2D eigenvalue weighted by Crippen LogP contribution is -2.61. The van der Waals surface area contributed by atoms with Crippen LogP contribution in [-0.2, 0) is 4.74 Å². The fourth-order valence-corrected chi connectivity index (χ4v) is 1.92. The average molecular weight is 275 g/mol. The molecule has 0 bridgehead atoms. The van der Waals surface area contributed by atoms with Gasteiger partial charge in [-0.2, -0.15) is 0 Å². The number of fused-ring (bicyclic) bond motifs is 1. The zero-order valence-electron chi connectivity index (χ0n) is 10.7. The van der Waals surface area contributed by atoms with Crippen LogP contribution in [0, 0.1) is 0 Å². The molecule has 0 atom stereocenters. The van der Waals surface area contributed by atoms with E-state index in [1.807, 2.05) is 0 Å². The minimum Gasteiger partial charge on any atom is -0.464 e. The molecule has 1 aliphatic heterocycles. The van der Waals surface area contributed by atoms with E-state index in [-0.39, 0.29) is 17.5 Å². The lowest BCUT2D eigenvalue weighted by Gasteiger charge is -2.29. The first kappa shape index (κ1) is 12.6. The summed E-state index contributed by atoms with van der Waals surface area (Å²) in [5.74, 6) is -0.00860. The van der Waals surface area contributed by atoms with Crippen LogP contribution in [0.2, 0.25) is 0 Å². The van der Waals surface area contributed by atoms with Crippen LogP contribution in [0.15, 0.2) is 29.1 Å². The highest BCUT2D eigenvalue weighted by Crippen LogP contribution is 2.18. The Labute approximate surface area is 113 Å². The van der Waals surface area contributed by atoms with Crippen molar-refractivity contribution in [1.82, 2.24) is 15.6 Å². The Bertz CT molecular complexity index is 721. The number of nitrogens with one attached hydrogen (secondary N) is 3.